The Morgan fingerprint density at radius 3 is 2.96 bits per heavy atom. The molecular weight excluding hydrogens is 366 g/mol. The maximum absolute atomic E-state index is 12.9. The summed E-state index contributed by atoms with van der Waals surface area (Å²) in [5, 5.41) is 6.01. The maximum atomic E-state index is 12.9. The third-order valence-electron chi connectivity index (χ3n) is 4.35. The van der Waals surface area contributed by atoms with Crippen LogP contribution in [0.15, 0.2) is 47.8 Å². The first kappa shape index (κ1) is 19.4. The molecule has 1 aromatic heterocycles. The Morgan fingerprint density at radius 1 is 1.37 bits per heavy atom. The highest BCUT2D eigenvalue weighted by Gasteiger charge is 2.28. The van der Waals surface area contributed by atoms with E-state index in [4.69, 9.17) is 0 Å². The lowest BCUT2D eigenvalue weighted by molar-refractivity contribution is 0.0954. The van der Waals surface area contributed by atoms with Gasteiger partial charge in [0.2, 0.25) is 10.0 Å². The molecule has 1 fully saturated rings. The Bertz CT molecular complexity index is 889. The SMILES string of the molecule is C[C@H]1CN(S(=O)(=O)c2cccc(C(=O)NCCc3cnccn3)c2)CCN1. The molecule has 2 N–H and O–H groups in total. The van der Waals surface area contributed by atoms with Crippen molar-refractivity contribution in [3.63, 3.8) is 0 Å². The normalized spacial score (nSPS) is 18.2. The second-order valence-electron chi connectivity index (χ2n) is 6.45. The standard InChI is InChI=1S/C18H23N5O3S/c1-14-13-23(10-9-20-14)27(25,26)17-4-2-3-15(11-17)18(24)22-6-5-16-12-19-7-8-21-16/h2-4,7-8,11-12,14,20H,5-6,9-10,13H2,1H3,(H,22,24)/t14-/m0/s1. The lowest BCUT2D eigenvalue weighted by atomic mass is 10.2. The molecular formula is C18H23N5O3S. The van der Waals surface area contributed by atoms with Crippen molar-refractivity contribution in [3.05, 3.63) is 54.1 Å². The minimum atomic E-state index is -3.62. The van der Waals surface area contributed by atoms with Gasteiger partial charge in [-0.25, -0.2) is 8.42 Å². The Labute approximate surface area is 159 Å². The minimum Gasteiger partial charge on any atom is -0.352 e. The summed E-state index contributed by atoms with van der Waals surface area (Å²) >= 11 is 0. The van der Waals surface area contributed by atoms with Gasteiger partial charge in [0.1, 0.15) is 0 Å². The average molecular weight is 389 g/mol. The van der Waals surface area contributed by atoms with Crippen molar-refractivity contribution in [2.24, 2.45) is 0 Å². The van der Waals surface area contributed by atoms with Crippen LogP contribution in [-0.2, 0) is 16.4 Å². The number of rotatable bonds is 6. The van der Waals surface area contributed by atoms with E-state index in [2.05, 4.69) is 20.6 Å². The van der Waals surface area contributed by atoms with Crippen molar-refractivity contribution in [2.45, 2.75) is 24.3 Å². The predicted octanol–water partition coefficient (Wildman–Crippen LogP) is 0.432. The van der Waals surface area contributed by atoms with Gasteiger partial charge in [0.25, 0.3) is 5.91 Å². The molecule has 0 radical (unpaired) electrons. The zero-order valence-corrected chi connectivity index (χ0v) is 15.9. The smallest absolute Gasteiger partial charge is 0.251 e. The Balaban J connectivity index is 1.66. The number of carbonyl (C=O) groups is 1. The largest absolute Gasteiger partial charge is 0.352 e. The average Bonchev–Trinajstić information content (AvgIpc) is 2.69. The van der Waals surface area contributed by atoms with Crippen LogP contribution in [0.3, 0.4) is 0 Å². The van der Waals surface area contributed by atoms with E-state index < -0.39 is 10.0 Å². The Morgan fingerprint density at radius 2 is 2.22 bits per heavy atom. The fourth-order valence-corrected chi connectivity index (χ4v) is 4.50. The highest BCUT2D eigenvalue weighted by atomic mass is 32.2. The zero-order chi connectivity index (χ0) is 19.3. The van der Waals surface area contributed by atoms with Crippen molar-refractivity contribution < 1.29 is 13.2 Å². The molecule has 2 heterocycles. The first-order valence-corrected chi connectivity index (χ1v) is 10.3. The molecule has 1 saturated heterocycles. The van der Waals surface area contributed by atoms with Crippen LogP contribution in [0.1, 0.15) is 23.0 Å². The summed E-state index contributed by atoms with van der Waals surface area (Å²) in [6.07, 6.45) is 5.39. The second-order valence-corrected chi connectivity index (χ2v) is 8.39. The molecule has 1 aromatic carbocycles. The van der Waals surface area contributed by atoms with E-state index in [-0.39, 0.29) is 16.8 Å². The number of piperazine rings is 1. The summed E-state index contributed by atoms with van der Waals surface area (Å²) in [5.41, 5.74) is 1.10. The molecule has 0 bridgehead atoms. The van der Waals surface area contributed by atoms with Crippen molar-refractivity contribution >= 4 is 15.9 Å². The number of benzene rings is 1. The summed E-state index contributed by atoms with van der Waals surface area (Å²) < 4.78 is 27.2. The van der Waals surface area contributed by atoms with Crippen LogP contribution in [-0.4, -0.2) is 60.8 Å². The van der Waals surface area contributed by atoms with Crippen LogP contribution in [0.25, 0.3) is 0 Å². The molecule has 1 aliphatic heterocycles. The quantitative estimate of drug-likeness (QED) is 0.743. The van der Waals surface area contributed by atoms with Crippen LogP contribution in [0.5, 0.6) is 0 Å². The van der Waals surface area contributed by atoms with E-state index in [9.17, 15) is 13.2 Å². The van der Waals surface area contributed by atoms with Gasteiger partial charge in [0.15, 0.2) is 0 Å². The van der Waals surface area contributed by atoms with Gasteiger partial charge < -0.3 is 10.6 Å². The van der Waals surface area contributed by atoms with E-state index >= 15 is 0 Å². The van der Waals surface area contributed by atoms with Crippen molar-refractivity contribution in [1.29, 1.82) is 0 Å². The number of hydrogen-bond acceptors (Lipinski definition) is 6. The second kappa shape index (κ2) is 8.55. The Hall–Kier alpha value is -2.36. The highest BCUT2D eigenvalue weighted by molar-refractivity contribution is 7.89. The minimum absolute atomic E-state index is 0.0982. The highest BCUT2D eigenvalue weighted by Crippen LogP contribution is 2.18. The van der Waals surface area contributed by atoms with E-state index in [0.29, 0.717) is 38.2 Å². The van der Waals surface area contributed by atoms with Gasteiger partial charge in [-0.3, -0.25) is 14.8 Å². The van der Waals surface area contributed by atoms with Crippen LogP contribution < -0.4 is 10.6 Å². The topological polar surface area (TPSA) is 104 Å². The summed E-state index contributed by atoms with van der Waals surface area (Å²) in [7, 11) is -3.62. The van der Waals surface area contributed by atoms with E-state index in [1.165, 1.54) is 16.4 Å². The van der Waals surface area contributed by atoms with Gasteiger partial charge in [-0.15, -0.1) is 0 Å². The molecule has 1 aliphatic rings. The number of nitrogens with one attached hydrogen (secondary N) is 2. The van der Waals surface area contributed by atoms with Crippen molar-refractivity contribution in [1.82, 2.24) is 24.9 Å². The molecule has 8 nitrogen and oxygen atoms in total. The number of aromatic nitrogens is 2. The lowest BCUT2D eigenvalue weighted by Gasteiger charge is -2.31. The number of sulfonamides is 1. The predicted molar refractivity (Wildman–Crippen MR) is 101 cm³/mol. The molecule has 0 unspecified atom stereocenters. The van der Waals surface area contributed by atoms with Crippen LogP contribution in [0.2, 0.25) is 0 Å². The van der Waals surface area contributed by atoms with Gasteiger partial charge in [-0.2, -0.15) is 4.31 Å². The monoisotopic (exact) mass is 389 g/mol. The Kier molecular flexibility index (Phi) is 6.15. The number of carbonyl (C=O) groups excluding carboxylic acids is 1. The molecule has 2 aromatic rings. The van der Waals surface area contributed by atoms with Gasteiger partial charge in [0, 0.05) is 62.8 Å². The van der Waals surface area contributed by atoms with Crippen molar-refractivity contribution in [3.8, 4) is 0 Å². The fourth-order valence-electron chi connectivity index (χ4n) is 2.93. The summed E-state index contributed by atoms with van der Waals surface area (Å²) in [4.78, 5) is 20.6. The number of hydrogen-bond donors (Lipinski definition) is 2. The van der Waals surface area contributed by atoms with E-state index in [1.54, 1.807) is 30.7 Å². The van der Waals surface area contributed by atoms with Crippen LogP contribution in [0, 0.1) is 0 Å². The van der Waals surface area contributed by atoms with E-state index in [0.717, 1.165) is 5.69 Å². The first-order valence-electron chi connectivity index (χ1n) is 8.83. The zero-order valence-electron chi connectivity index (χ0n) is 15.1. The molecule has 0 aliphatic carbocycles. The molecule has 3 rings (SSSR count). The third-order valence-corrected chi connectivity index (χ3v) is 6.21. The van der Waals surface area contributed by atoms with Crippen LogP contribution >= 0.6 is 0 Å². The molecule has 1 atom stereocenters. The fraction of sp³-hybridized carbons (Fsp3) is 0.389. The molecule has 0 spiro atoms. The lowest BCUT2D eigenvalue weighted by Crippen LogP contribution is -2.51. The molecule has 9 heteroatoms. The van der Waals surface area contributed by atoms with Crippen molar-refractivity contribution in [2.75, 3.05) is 26.2 Å². The van der Waals surface area contributed by atoms with Gasteiger partial charge in [-0.05, 0) is 25.1 Å². The maximum Gasteiger partial charge on any atom is 0.251 e. The van der Waals surface area contributed by atoms with Gasteiger partial charge >= 0.3 is 0 Å². The third kappa shape index (κ3) is 4.88. The van der Waals surface area contributed by atoms with E-state index in [1.807, 2.05) is 6.92 Å². The number of amides is 1. The molecule has 144 valence electrons. The van der Waals surface area contributed by atoms with Crippen LogP contribution in [0.4, 0.5) is 0 Å². The summed E-state index contributed by atoms with van der Waals surface area (Å²) in [5.74, 6) is -0.315. The first-order chi connectivity index (χ1) is 13.0. The van der Waals surface area contributed by atoms with Gasteiger partial charge in [-0.1, -0.05) is 6.07 Å². The molecule has 27 heavy (non-hydrogen) atoms. The summed E-state index contributed by atoms with van der Waals surface area (Å²) in [6.45, 7) is 3.79. The summed E-state index contributed by atoms with van der Waals surface area (Å²) in [6, 6.07) is 6.26. The number of nitrogens with zero attached hydrogens (tertiary/aromatic N) is 3. The molecule has 0 saturated carbocycles. The molecule has 1 amide bonds. The van der Waals surface area contributed by atoms with Gasteiger partial charge in [0.05, 0.1) is 10.6 Å².